The Hall–Kier alpha value is -1.72. The molecular formula is C16H16FNO2S. The van der Waals surface area contributed by atoms with Crippen LogP contribution in [0.3, 0.4) is 0 Å². The summed E-state index contributed by atoms with van der Waals surface area (Å²) < 4.78 is 41.0. The monoisotopic (exact) mass is 305 g/mol. The molecule has 1 atom stereocenters. The molecule has 0 saturated heterocycles. The van der Waals surface area contributed by atoms with Gasteiger partial charge in [0.25, 0.3) is 0 Å². The van der Waals surface area contributed by atoms with Gasteiger partial charge in [0.15, 0.2) is 0 Å². The molecule has 1 N–H and O–H groups in total. The number of nitrogens with one attached hydrogen (secondary N) is 1. The summed E-state index contributed by atoms with van der Waals surface area (Å²) in [4.78, 5) is 0.00637. The first-order valence-corrected chi connectivity index (χ1v) is 8.32. The molecule has 2 aromatic rings. The highest BCUT2D eigenvalue weighted by molar-refractivity contribution is 7.89. The van der Waals surface area contributed by atoms with Gasteiger partial charge < -0.3 is 0 Å². The van der Waals surface area contributed by atoms with Crippen LogP contribution in [0.1, 0.15) is 29.2 Å². The first-order chi connectivity index (χ1) is 9.97. The Bertz CT molecular complexity index is 787. The number of fused-ring (bicyclic) bond motifs is 1. The fraction of sp³-hybridized carbons (Fsp3) is 0.250. The topological polar surface area (TPSA) is 46.2 Å². The minimum Gasteiger partial charge on any atom is -0.207 e. The lowest BCUT2D eigenvalue weighted by Crippen LogP contribution is -2.28. The zero-order valence-corrected chi connectivity index (χ0v) is 12.5. The second kappa shape index (κ2) is 5.24. The van der Waals surface area contributed by atoms with E-state index in [9.17, 15) is 12.8 Å². The van der Waals surface area contributed by atoms with Gasteiger partial charge in [-0.2, -0.15) is 0 Å². The molecule has 0 aromatic heterocycles. The van der Waals surface area contributed by atoms with E-state index < -0.39 is 15.8 Å². The molecular weight excluding hydrogens is 289 g/mol. The largest absolute Gasteiger partial charge is 0.241 e. The molecule has 0 aliphatic heterocycles. The van der Waals surface area contributed by atoms with Crippen molar-refractivity contribution >= 4 is 10.0 Å². The van der Waals surface area contributed by atoms with Crippen LogP contribution in [-0.2, 0) is 16.4 Å². The fourth-order valence-corrected chi connectivity index (χ4v) is 4.30. The van der Waals surface area contributed by atoms with E-state index in [1.807, 2.05) is 24.3 Å². The zero-order chi connectivity index (χ0) is 15.0. The first-order valence-electron chi connectivity index (χ1n) is 6.84. The predicted octanol–water partition coefficient (Wildman–Crippen LogP) is 3.10. The molecule has 0 saturated carbocycles. The maximum atomic E-state index is 13.3. The average molecular weight is 305 g/mol. The molecule has 5 heteroatoms. The van der Waals surface area contributed by atoms with Gasteiger partial charge in [0, 0.05) is 6.04 Å². The predicted molar refractivity (Wildman–Crippen MR) is 79.0 cm³/mol. The summed E-state index contributed by atoms with van der Waals surface area (Å²) in [5, 5.41) is 0. The molecule has 0 fully saturated rings. The lowest BCUT2D eigenvalue weighted by molar-refractivity contribution is 0.551. The van der Waals surface area contributed by atoms with Crippen LogP contribution in [0.2, 0.25) is 0 Å². The Balaban J connectivity index is 1.93. The van der Waals surface area contributed by atoms with Crippen LogP contribution in [0.15, 0.2) is 47.4 Å². The zero-order valence-electron chi connectivity index (χ0n) is 11.6. The molecule has 0 spiro atoms. The molecule has 1 aliphatic rings. The van der Waals surface area contributed by atoms with Crippen LogP contribution in [0.4, 0.5) is 4.39 Å². The summed E-state index contributed by atoms with van der Waals surface area (Å²) in [6, 6.07) is 11.4. The minimum absolute atomic E-state index is 0.00637. The maximum absolute atomic E-state index is 13.3. The Morgan fingerprint density at radius 1 is 1.19 bits per heavy atom. The lowest BCUT2D eigenvalue weighted by atomic mass is 10.1. The van der Waals surface area contributed by atoms with Gasteiger partial charge in [-0.15, -0.1) is 0 Å². The number of benzene rings is 2. The van der Waals surface area contributed by atoms with E-state index in [-0.39, 0.29) is 10.9 Å². The molecule has 21 heavy (non-hydrogen) atoms. The van der Waals surface area contributed by atoms with Crippen molar-refractivity contribution in [3.05, 3.63) is 65.0 Å². The van der Waals surface area contributed by atoms with E-state index >= 15 is 0 Å². The molecule has 3 nitrogen and oxygen atoms in total. The van der Waals surface area contributed by atoms with E-state index in [4.69, 9.17) is 0 Å². The summed E-state index contributed by atoms with van der Waals surface area (Å²) in [7, 11) is -3.73. The molecule has 0 bridgehead atoms. The highest BCUT2D eigenvalue weighted by Gasteiger charge is 2.28. The molecule has 0 radical (unpaired) electrons. The number of hydrogen-bond acceptors (Lipinski definition) is 2. The van der Waals surface area contributed by atoms with Crippen molar-refractivity contribution in [2.75, 3.05) is 0 Å². The van der Waals surface area contributed by atoms with Gasteiger partial charge in [0.1, 0.15) is 5.82 Å². The Labute approximate surface area is 123 Å². The quantitative estimate of drug-likeness (QED) is 0.947. The number of hydrogen-bond donors (Lipinski definition) is 1. The fourth-order valence-electron chi connectivity index (χ4n) is 2.79. The summed E-state index contributed by atoms with van der Waals surface area (Å²) in [6.45, 7) is 1.66. The summed E-state index contributed by atoms with van der Waals surface area (Å²) in [5.41, 5.74) is 2.71. The van der Waals surface area contributed by atoms with Crippen LogP contribution in [0, 0.1) is 12.7 Å². The van der Waals surface area contributed by atoms with Crippen molar-refractivity contribution in [1.82, 2.24) is 4.72 Å². The molecule has 0 amide bonds. The SMILES string of the molecule is Cc1ccc(F)cc1S(=O)(=O)NC1CCc2ccccc21. The third-order valence-corrected chi connectivity index (χ3v) is 5.48. The molecule has 110 valence electrons. The van der Waals surface area contributed by atoms with Gasteiger partial charge in [-0.3, -0.25) is 0 Å². The Morgan fingerprint density at radius 3 is 2.76 bits per heavy atom. The van der Waals surface area contributed by atoms with Gasteiger partial charge in [-0.25, -0.2) is 17.5 Å². The van der Waals surface area contributed by atoms with E-state index in [0.717, 1.165) is 24.5 Å². The molecule has 1 unspecified atom stereocenters. The van der Waals surface area contributed by atoms with Crippen LogP contribution in [0.5, 0.6) is 0 Å². The summed E-state index contributed by atoms with van der Waals surface area (Å²) in [5.74, 6) is -0.548. The molecule has 1 aliphatic carbocycles. The van der Waals surface area contributed by atoms with Gasteiger partial charge >= 0.3 is 0 Å². The Morgan fingerprint density at radius 2 is 1.95 bits per heavy atom. The number of aryl methyl sites for hydroxylation is 2. The molecule has 2 aromatic carbocycles. The average Bonchev–Trinajstić information content (AvgIpc) is 2.84. The van der Waals surface area contributed by atoms with Gasteiger partial charge in [-0.1, -0.05) is 30.3 Å². The highest BCUT2D eigenvalue weighted by atomic mass is 32.2. The van der Waals surface area contributed by atoms with Crippen molar-refractivity contribution in [3.63, 3.8) is 0 Å². The smallest absolute Gasteiger partial charge is 0.207 e. The standard InChI is InChI=1S/C16H16FNO2S/c1-11-6-8-13(17)10-16(11)21(19,20)18-15-9-7-12-4-2-3-5-14(12)15/h2-6,8,10,15,18H,7,9H2,1H3. The van der Waals surface area contributed by atoms with Crippen molar-refractivity contribution in [1.29, 1.82) is 0 Å². The highest BCUT2D eigenvalue weighted by Crippen LogP contribution is 2.32. The maximum Gasteiger partial charge on any atom is 0.241 e. The number of sulfonamides is 1. The third kappa shape index (κ3) is 2.71. The van der Waals surface area contributed by atoms with E-state index in [1.54, 1.807) is 6.92 Å². The van der Waals surface area contributed by atoms with Crippen molar-refractivity contribution in [3.8, 4) is 0 Å². The Kier molecular flexibility index (Phi) is 3.55. The van der Waals surface area contributed by atoms with E-state index in [0.29, 0.717) is 5.56 Å². The number of rotatable bonds is 3. The van der Waals surface area contributed by atoms with E-state index in [1.165, 1.54) is 17.7 Å². The van der Waals surface area contributed by atoms with Gasteiger partial charge in [0.2, 0.25) is 10.0 Å². The summed E-state index contributed by atoms with van der Waals surface area (Å²) in [6.07, 6.45) is 1.58. The van der Waals surface area contributed by atoms with E-state index in [2.05, 4.69) is 4.72 Å². The van der Waals surface area contributed by atoms with Crippen molar-refractivity contribution in [2.24, 2.45) is 0 Å². The van der Waals surface area contributed by atoms with Crippen LogP contribution >= 0.6 is 0 Å². The molecule has 3 rings (SSSR count). The van der Waals surface area contributed by atoms with Crippen molar-refractivity contribution in [2.45, 2.75) is 30.7 Å². The second-order valence-electron chi connectivity index (χ2n) is 5.32. The first kappa shape index (κ1) is 14.2. The van der Waals surface area contributed by atoms with Crippen LogP contribution in [-0.4, -0.2) is 8.42 Å². The van der Waals surface area contributed by atoms with Gasteiger partial charge in [-0.05, 0) is 48.6 Å². The lowest BCUT2D eigenvalue weighted by Gasteiger charge is -2.15. The third-order valence-electron chi connectivity index (χ3n) is 3.87. The van der Waals surface area contributed by atoms with Crippen LogP contribution < -0.4 is 4.72 Å². The molecule has 0 heterocycles. The van der Waals surface area contributed by atoms with Crippen LogP contribution in [0.25, 0.3) is 0 Å². The summed E-state index contributed by atoms with van der Waals surface area (Å²) >= 11 is 0. The van der Waals surface area contributed by atoms with Gasteiger partial charge in [0.05, 0.1) is 4.90 Å². The minimum atomic E-state index is -3.73. The normalized spacial score (nSPS) is 17.7. The second-order valence-corrected chi connectivity index (χ2v) is 7.00. The number of halogens is 1. The van der Waals surface area contributed by atoms with Crippen molar-refractivity contribution < 1.29 is 12.8 Å².